The Morgan fingerprint density at radius 1 is 1.00 bits per heavy atom. The van der Waals surface area contributed by atoms with Crippen LogP contribution in [0.1, 0.15) is 105 Å². The molecular weight excluding hydrogens is 473 g/mol. The summed E-state index contributed by atoms with van der Waals surface area (Å²) in [6.07, 6.45) is 12.9. The molecule has 0 aromatic heterocycles. The lowest BCUT2D eigenvalue weighted by atomic mass is 9.44. The summed E-state index contributed by atoms with van der Waals surface area (Å²) >= 11 is 0. The molecule has 0 heterocycles. The average molecular weight is 526 g/mol. The van der Waals surface area contributed by atoms with Crippen LogP contribution in [0.25, 0.3) is 0 Å². The van der Waals surface area contributed by atoms with Crippen molar-refractivity contribution in [3.63, 3.8) is 0 Å². The highest BCUT2D eigenvalue weighted by Crippen LogP contribution is 2.68. The molecule has 4 rings (SSSR count). The van der Waals surface area contributed by atoms with Gasteiger partial charge in [0.05, 0.1) is 12.3 Å². The maximum Gasteiger partial charge on any atom is 0.325 e. The van der Waals surface area contributed by atoms with Crippen LogP contribution in [-0.2, 0) is 9.36 Å². The summed E-state index contributed by atoms with van der Waals surface area (Å²) in [5.41, 5.74) is 0.724. The van der Waals surface area contributed by atoms with Crippen LogP contribution in [0.5, 0.6) is 0 Å². The normalized spacial score (nSPS) is 42.1. The zero-order valence-corrected chi connectivity index (χ0v) is 24.0. The van der Waals surface area contributed by atoms with E-state index in [9.17, 15) is 14.5 Å². The van der Waals surface area contributed by atoms with Gasteiger partial charge in [-0.1, -0.05) is 40.5 Å². The van der Waals surface area contributed by atoms with Crippen LogP contribution in [0, 0.1) is 52.3 Å². The number of amides is 1. The summed E-state index contributed by atoms with van der Waals surface area (Å²) in [6, 6.07) is 0. The molecule has 0 bridgehead atoms. The molecule has 0 aromatic carbocycles. The van der Waals surface area contributed by atoms with E-state index in [1.165, 1.54) is 51.4 Å². The van der Waals surface area contributed by atoms with E-state index in [1.807, 2.05) is 0 Å². The Bertz CT molecular complexity index is 830. The SMILES string of the molecule is CC(CCC(=O)NCC[C@@H](C)C1CCC2C3C(O)CC4CCCCC4(C)C3CCC21C)CP(=O)(O)O. The van der Waals surface area contributed by atoms with Crippen molar-refractivity contribution < 1.29 is 24.3 Å². The highest BCUT2D eigenvalue weighted by molar-refractivity contribution is 7.51. The quantitative estimate of drug-likeness (QED) is 0.287. The van der Waals surface area contributed by atoms with Gasteiger partial charge in [-0.3, -0.25) is 9.36 Å². The van der Waals surface area contributed by atoms with E-state index in [-0.39, 0.29) is 24.1 Å². The number of carbonyl (C=O) groups excluding carboxylic acids is 1. The first-order chi connectivity index (χ1) is 16.8. The van der Waals surface area contributed by atoms with E-state index in [0.29, 0.717) is 65.7 Å². The van der Waals surface area contributed by atoms with Gasteiger partial charge in [-0.15, -0.1) is 0 Å². The smallest absolute Gasteiger partial charge is 0.325 e. The minimum atomic E-state index is -4.02. The first-order valence-electron chi connectivity index (χ1n) is 14.8. The molecule has 6 nitrogen and oxygen atoms in total. The summed E-state index contributed by atoms with van der Waals surface area (Å²) in [5.74, 6) is 3.49. The van der Waals surface area contributed by atoms with E-state index in [4.69, 9.17) is 9.79 Å². The predicted molar refractivity (Wildman–Crippen MR) is 143 cm³/mol. The van der Waals surface area contributed by atoms with Gasteiger partial charge >= 0.3 is 7.60 Å². The first-order valence-corrected chi connectivity index (χ1v) is 16.6. The van der Waals surface area contributed by atoms with Crippen molar-refractivity contribution in [2.75, 3.05) is 12.7 Å². The van der Waals surface area contributed by atoms with Gasteiger partial charge in [0.1, 0.15) is 0 Å². The lowest BCUT2D eigenvalue weighted by Gasteiger charge is -2.62. The van der Waals surface area contributed by atoms with E-state index in [0.717, 1.165) is 12.8 Å². The van der Waals surface area contributed by atoms with Crippen molar-refractivity contribution in [3.05, 3.63) is 0 Å². The third kappa shape index (κ3) is 5.77. The number of aliphatic hydroxyl groups is 1. The van der Waals surface area contributed by atoms with Crippen LogP contribution in [0.4, 0.5) is 0 Å². The second kappa shape index (κ2) is 11.0. The van der Waals surface area contributed by atoms with Crippen LogP contribution in [-0.4, -0.2) is 39.6 Å². The van der Waals surface area contributed by atoms with Gasteiger partial charge in [0.15, 0.2) is 0 Å². The van der Waals surface area contributed by atoms with Crippen LogP contribution in [0.3, 0.4) is 0 Å². The topological polar surface area (TPSA) is 107 Å². The number of nitrogens with one attached hydrogen (secondary N) is 1. The van der Waals surface area contributed by atoms with Crippen molar-refractivity contribution in [1.29, 1.82) is 0 Å². The molecule has 4 N–H and O–H groups in total. The van der Waals surface area contributed by atoms with Gasteiger partial charge in [0.25, 0.3) is 0 Å². The minimum absolute atomic E-state index is 0.0172. The second-order valence-corrected chi connectivity index (χ2v) is 15.6. The Labute approximate surface area is 218 Å². The molecule has 0 saturated heterocycles. The Morgan fingerprint density at radius 2 is 1.72 bits per heavy atom. The molecule has 4 aliphatic rings. The van der Waals surface area contributed by atoms with Crippen molar-refractivity contribution >= 4 is 13.5 Å². The fourth-order valence-corrected chi connectivity index (χ4v) is 10.8. The van der Waals surface area contributed by atoms with E-state index >= 15 is 0 Å². The van der Waals surface area contributed by atoms with Crippen LogP contribution in [0.2, 0.25) is 0 Å². The summed E-state index contributed by atoms with van der Waals surface area (Å²) < 4.78 is 11.1. The third-order valence-electron chi connectivity index (χ3n) is 11.7. The Balaban J connectivity index is 1.30. The molecule has 0 aromatic rings. The number of aliphatic hydroxyl groups excluding tert-OH is 1. The molecule has 4 fully saturated rings. The standard InChI is InChI=1S/C29H52NO5P/c1-19(18-36(33,34)35)8-11-26(32)30-16-13-20(2)22-9-10-23-27-24(12-15-29(22,23)4)28(3)14-6-5-7-21(28)17-25(27)31/h19-25,27,31H,5-18H2,1-4H3,(H,30,32)(H2,33,34,35)/t19?,20-,21?,22?,23?,24?,25?,27?,28?,29?/m1/s1. The summed E-state index contributed by atoms with van der Waals surface area (Å²) in [7, 11) is -4.02. The summed E-state index contributed by atoms with van der Waals surface area (Å²) in [5, 5.41) is 14.5. The molecule has 208 valence electrons. The van der Waals surface area contributed by atoms with Gasteiger partial charge in [-0.05, 0) is 110 Å². The molecule has 36 heavy (non-hydrogen) atoms. The third-order valence-corrected chi connectivity index (χ3v) is 12.8. The van der Waals surface area contributed by atoms with Crippen molar-refractivity contribution in [3.8, 4) is 0 Å². The van der Waals surface area contributed by atoms with Crippen molar-refractivity contribution in [2.24, 2.45) is 52.3 Å². The molecule has 9 unspecified atom stereocenters. The van der Waals surface area contributed by atoms with Gasteiger partial charge in [-0.2, -0.15) is 0 Å². The van der Waals surface area contributed by atoms with Gasteiger partial charge in [0, 0.05) is 13.0 Å². The molecule has 4 saturated carbocycles. The Morgan fingerprint density at radius 3 is 2.44 bits per heavy atom. The molecule has 7 heteroatoms. The lowest BCUT2D eigenvalue weighted by Crippen LogP contribution is -2.57. The second-order valence-electron chi connectivity index (χ2n) is 13.9. The Hall–Kier alpha value is -0.420. The van der Waals surface area contributed by atoms with E-state index < -0.39 is 7.60 Å². The monoisotopic (exact) mass is 525 g/mol. The zero-order chi connectivity index (χ0) is 26.3. The molecular formula is C29H52NO5P. The molecule has 0 radical (unpaired) electrons. The maximum atomic E-state index is 12.3. The van der Waals surface area contributed by atoms with E-state index in [1.54, 1.807) is 6.92 Å². The fraction of sp³-hybridized carbons (Fsp3) is 0.966. The van der Waals surface area contributed by atoms with Crippen LogP contribution >= 0.6 is 7.60 Å². The largest absolute Gasteiger partial charge is 0.393 e. The fourth-order valence-electron chi connectivity index (χ4n) is 9.83. The molecule has 1 amide bonds. The van der Waals surface area contributed by atoms with Gasteiger partial charge < -0.3 is 20.2 Å². The van der Waals surface area contributed by atoms with Crippen LogP contribution in [0.15, 0.2) is 0 Å². The van der Waals surface area contributed by atoms with Gasteiger partial charge in [-0.25, -0.2) is 0 Å². The molecule has 10 atom stereocenters. The maximum absolute atomic E-state index is 12.3. The number of hydrogen-bond acceptors (Lipinski definition) is 3. The van der Waals surface area contributed by atoms with Crippen molar-refractivity contribution in [1.82, 2.24) is 5.32 Å². The predicted octanol–water partition coefficient (Wildman–Crippen LogP) is 5.74. The summed E-state index contributed by atoms with van der Waals surface area (Å²) in [6.45, 7) is 9.89. The Kier molecular flexibility index (Phi) is 8.72. The average Bonchev–Trinajstić information content (AvgIpc) is 3.14. The molecule has 0 spiro atoms. The lowest BCUT2D eigenvalue weighted by molar-refractivity contribution is -0.164. The number of carbonyl (C=O) groups is 1. The number of hydrogen-bond donors (Lipinski definition) is 4. The van der Waals surface area contributed by atoms with Crippen molar-refractivity contribution in [2.45, 2.75) is 111 Å². The summed E-state index contributed by atoms with van der Waals surface area (Å²) in [4.78, 5) is 30.5. The first kappa shape index (κ1) is 28.6. The van der Waals surface area contributed by atoms with Crippen LogP contribution < -0.4 is 5.32 Å². The molecule has 0 aliphatic heterocycles. The highest BCUT2D eigenvalue weighted by atomic mass is 31.2. The number of rotatable bonds is 9. The highest BCUT2D eigenvalue weighted by Gasteiger charge is 2.62. The molecule has 4 aliphatic carbocycles. The van der Waals surface area contributed by atoms with Gasteiger partial charge in [0.2, 0.25) is 5.91 Å². The van der Waals surface area contributed by atoms with E-state index in [2.05, 4.69) is 26.1 Å². The zero-order valence-electron chi connectivity index (χ0n) is 23.1. The minimum Gasteiger partial charge on any atom is -0.393 e. The number of fused-ring (bicyclic) bond motifs is 5.